The summed E-state index contributed by atoms with van der Waals surface area (Å²) >= 11 is 8.24. The van der Waals surface area contributed by atoms with Crippen LogP contribution in [0, 0.1) is 0 Å². The molecule has 0 spiro atoms. The minimum Gasteiger partial charge on any atom is -0.487 e. The van der Waals surface area contributed by atoms with Gasteiger partial charge < -0.3 is 4.74 Å². The number of hydrogen-bond acceptors (Lipinski definition) is 1. The van der Waals surface area contributed by atoms with Crippen LogP contribution in [0.3, 0.4) is 0 Å². The molecule has 0 atom stereocenters. The number of fused-ring (bicyclic) bond motifs is 1. The molecule has 1 aliphatic rings. The molecule has 18 heavy (non-hydrogen) atoms. The fourth-order valence-electron chi connectivity index (χ4n) is 2.00. The summed E-state index contributed by atoms with van der Waals surface area (Å²) in [5.74, 6) is 0.966. The van der Waals surface area contributed by atoms with Crippen molar-refractivity contribution in [3.63, 3.8) is 0 Å². The molecule has 2 aromatic carbocycles. The molecule has 1 heterocycles. The molecular formula is C15H10ClIO. The van der Waals surface area contributed by atoms with Crippen LogP contribution >= 0.6 is 34.2 Å². The first-order chi connectivity index (χ1) is 8.75. The van der Waals surface area contributed by atoms with Gasteiger partial charge in [0.15, 0.2) is 0 Å². The summed E-state index contributed by atoms with van der Waals surface area (Å²) in [4.78, 5) is 0. The Kier molecular flexibility index (Phi) is 3.31. The molecule has 90 valence electrons. The third-order valence-corrected chi connectivity index (χ3v) is 4.30. The lowest BCUT2D eigenvalue weighted by Gasteiger charge is -2.06. The van der Waals surface area contributed by atoms with Gasteiger partial charge in [-0.3, -0.25) is 0 Å². The predicted molar refractivity (Wildman–Crippen MR) is 83.5 cm³/mol. The van der Waals surface area contributed by atoms with Crippen LogP contribution in [0.25, 0.3) is 9.34 Å². The first-order valence-corrected chi connectivity index (χ1v) is 7.08. The third-order valence-electron chi connectivity index (χ3n) is 2.93. The highest BCUT2D eigenvalue weighted by Gasteiger charge is 2.20. The van der Waals surface area contributed by atoms with Gasteiger partial charge in [-0.05, 0) is 40.3 Å². The van der Waals surface area contributed by atoms with Crippen LogP contribution in [0.4, 0.5) is 0 Å². The van der Waals surface area contributed by atoms with Gasteiger partial charge in [-0.2, -0.15) is 0 Å². The molecule has 0 amide bonds. The topological polar surface area (TPSA) is 9.23 Å². The first-order valence-electron chi connectivity index (χ1n) is 5.62. The Morgan fingerprint density at radius 1 is 1.06 bits per heavy atom. The molecule has 3 rings (SSSR count). The number of halogens is 2. The minimum absolute atomic E-state index is 0.658. The van der Waals surface area contributed by atoms with Crippen LogP contribution in [-0.4, -0.2) is 0 Å². The Morgan fingerprint density at radius 3 is 2.56 bits per heavy atom. The van der Waals surface area contributed by atoms with E-state index in [1.165, 1.54) is 11.1 Å². The molecule has 0 saturated heterocycles. The summed E-state index contributed by atoms with van der Waals surface area (Å²) in [5.41, 5.74) is 3.57. The van der Waals surface area contributed by atoms with Crippen LogP contribution in [0.5, 0.6) is 0 Å². The van der Waals surface area contributed by atoms with E-state index in [9.17, 15) is 0 Å². The van der Waals surface area contributed by atoms with Crippen molar-refractivity contribution in [2.45, 2.75) is 6.61 Å². The van der Waals surface area contributed by atoms with E-state index >= 15 is 0 Å². The van der Waals surface area contributed by atoms with Gasteiger partial charge in [0.2, 0.25) is 0 Å². The van der Waals surface area contributed by atoms with Crippen molar-refractivity contribution in [1.29, 1.82) is 0 Å². The van der Waals surface area contributed by atoms with Gasteiger partial charge in [-0.15, -0.1) is 0 Å². The smallest absolute Gasteiger partial charge is 0.141 e. The van der Waals surface area contributed by atoms with Crippen molar-refractivity contribution in [3.05, 3.63) is 70.2 Å². The summed E-state index contributed by atoms with van der Waals surface area (Å²) in [7, 11) is 0. The van der Waals surface area contributed by atoms with E-state index in [0.717, 1.165) is 19.9 Å². The van der Waals surface area contributed by atoms with Gasteiger partial charge in [0, 0.05) is 16.1 Å². The van der Waals surface area contributed by atoms with Gasteiger partial charge in [0.25, 0.3) is 0 Å². The zero-order valence-corrected chi connectivity index (χ0v) is 12.4. The van der Waals surface area contributed by atoms with Crippen molar-refractivity contribution in [2.24, 2.45) is 0 Å². The van der Waals surface area contributed by atoms with E-state index in [2.05, 4.69) is 34.7 Å². The summed E-state index contributed by atoms with van der Waals surface area (Å²) in [6.07, 6.45) is 0. The highest BCUT2D eigenvalue weighted by Crippen LogP contribution is 2.38. The molecule has 0 saturated carbocycles. The van der Waals surface area contributed by atoms with E-state index in [-0.39, 0.29) is 0 Å². The fraction of sp³-hybridized carbons (Fsp3) is 0.0667. The van der Waals surface area contributed by atoms with E-state index in [4.69, 9.17) is 16.3 Å². The van der Waals surface area contributed by atoms with Crippen LogP contribution in [0.1, 0.15) is 16.7 Å². The third kappa shape index (κ3) is 2.15. The number of hydrogen-bond donors (Lipinski definition) is 0. The second-order valence-corrected chi connectivity index (χ2v) is 5.61. The predicted octanol–water partition coefficient (Wildman–Crippen LogP) is 5.13. The van der Waals surface area contributed by atoms with Crippen molar-refractivity contribution in [1.82, 2.24) is 0 Å². The van der Waals surface area contributed by atoms with Gasteiger partial charge in [0.1, 0.15) is 12.4 Å². The normalized spacial score (nSPS) is 16.1. The fourth-order valence-corrected chi connectivity index (χ4v) is 2.94. The number of rotatable bonds is 1. The van der Waals surface area contributed by atoms with E-state index < -0.39 is 0 Å². The lowest BCUT2D eigenvalue weighted by Crippen LogP contribution is -1.84. The maximum atomic E-state index is 5.91. The number of benzene rings is 2. The summed E-state index contributed by atoms with van der Waals surface area (Å²) in [6, 6.07) is 16.1. The molecule has 2 aromatic rings. The van der Waals surface area contributed by atoms with Gasteiger partial charge in [-0.25, -0.2) is 0 Å². The molecule has 0 fully saturated rings. The van der Waals surface area contributed by atoms with Gasteiger partial charge >= 0.3 is 0 Å². The zero-order chi connectivity index (χ0) is 12.5. The Morgan fingerprint density at radius 2 is 1.78 bits per heavy atom. The lowest BCUT2D eigenvalue weighted by molar-refractivity contribution is 0.287. The summed E-state index contributed by atoms with van der Waals surface area (Å²) in [5, 5.41) is 0.751. The molecule has 3 heteroatoms. The Bertz CT molecular complexity index is 617. The van der Waals surface area contributed by atoms with Crippen molar-refractivity contribution in [3.8, 4) is 0 Å². The standard InChI is InChI=1S/C15H10ClIO/c16-12-7-5-10(6-8-12)14(17)15-13-4-2-1-3-11(13)9-18-15/h1-8H,9H2/b15-14-. The molecule has 1 nitrogen and oxygen atoms in total. The van der Waals surface area contributed by atoms with Crippen molar-refractivity contribution in [2.75, 3.05) is 0 Å². The molecule has 0 radical (unpaired) electrons. The zero-order valence-electron chi connectivity index (χ0n) is 9.49. The second kappa shape index (κ2) is 4.94. The molecule has 1 aliphatic heterocycles. The summed E-state index contributed by atoms with van der Waals surface area (Å²) < 4.78 is 6.93. The second-order valence-electron chi connectivity index (χ2n) is 4.10. The SMILES string of the molecule is Clc1ccc(/C(I)=C2/OCc3ccccc32)cc1. The minimum atomic E-state index is 0.658. The molecule has 0 bridgehead atoms. The van der Waals surface area contributed by atoms with E-state index in [0.29, 0.717) is 6.61 Å². The maximum Gasteiger partial charge on any atom is 0.141 e. The Labute approximate surface area is 125 Å². The largest absolute Gasteiger partial charge is 0.487 e. The van der Waals surface area contributed by atoms with Crippen LogP contribution in [0.15, 0.2) is 48.5 Å². The van der Waals surface area contributed by atoms with Crippen molar-refractivity contribution >= 4 is 43.5 Å². The molecule has 0 N–H and O–H groups in total. The monoisotopic (exact) mass is 368 g/mol. The van der Waals surface area contributed by atoms with E-state index in [1.807, 2.05) is 36.4 Å². The lowest BCUT2D eigenvalue weighted by atomic mass is 10.1. The Hall–Kier alpha value is -1.00. The Balaban J connectivity index is 2.09. The molecule has 0 aromatic heterocycles. The average Bonchev–Trinajstić information content (AvgIpc) is 2.82. The van der Waals surface area contributed by atoms with E-state index in [1.54, 1.807) is 0 Å². The highest BCUT2D eigenvalue weighted by atomic mass is 127. The average molecular weight is 369 g/mol. The van der Waals surface area contributed by atoms with Gasteiger partial charge in [-0.1, -0.05) is 48.0 Å². The quantitative estimate of drug-likeness (QED) is 0.634. The van der Waals surface area contributed by atoms with Crippen LogP contribution in [-0.2, 0) is 11.3 Å². The molecule has 0 aliphatic carbocycles. The molecule has 0 unspecified atom stereocenters. The van der Waals surface area contributed by atoms with Crippen molar-refractivity contribution < 1.29 is 4.74 Å². The summed E-state index contributed by atoms with van der Waals surface area (Å²) in [6.45, 7) is 0.658. The van der Waals surface area contributed by atoms with Crippen LogP contribution in [0.2, 0.25) is 5.02 Å². The number of ether oxygens (including phenoxy) is 1. The first kappa shape index (κ1) is 12.1. The molecular weight excluding hydrogens is 359 g/mol. The van der Waals surface area contributed by atoms with Gasteiger partial charge in [0.05, 0.1) is 3.58 Å². The highest BCUT2D eigenvalue weighted by molar-refractivity contribution is 14.1. The van der Waals surface area contributed by atoms with Crippen LogP contribution < -0.4 is 0 Å². The maximum absolute atomic E-state index is 5.91.